The lowest BCUT2D eigenvalue weighted by Crippen LogP contribution is -2.40. The Morgan fingerprint density at radius 3 is 2.37 bits per heavy atom. The molecule has 1 aliphatic heterocycles. The van der Waals surface area contributed by atoms with Gasteiger partial charge in [-0.2, -0.15) is 0 Å². The Balaban J connectivity index is 1.82. The Hall–Kier alpha value is -2.78. The van der Waals surface area contributed by atoms with Crippen LogP contribution in [0.15, 0.2) is 78.9 Å². The van der Waals surface area contributed by atoms with Crippen molar-refractivity contribution in [2.45, 2.75) is 25.4 Å². The van der Waals surface area contributed by atoms with Crippen LogP contribution in [0.2, 0.25) is 5.02 Å². The van der Waals surface area contributed by atoms with E-state index in [1.807, 2.05) is 47.4 Å². The highest BCUT2D eigenvalue weighted by Gasteiger charge is 2.33. The Kier molecular flexibility index (Phi) is 4.87. The summed E-state index contributed by atoms with van der Waals surface area (Å²) in [6.07, 6.45) is 0.839. The zero-order valence-corrected chi connectivity index (χ0v) is 15.9. The number of carbonyl (C=O) groups is 1. The molecule has 4 heteroatoms. The van der Waals surface area contributed by atoms with Gasteiger partial charge in [0.05, 0.1) is 6.04 Å². The van der Waals surface area contributed by atoms with Crippen molar-refractivity contribution < 1.29 is 4.79 Å². The molecule has 3 aromatic carbocycles. The second-order valence-corrected chi connectivity index (χ2v) is 7.34. The number of para-hydroxylation sites is 2. The summed E-state index contributed by atoms with van der Waals surface area (Å²) in [6, 6.07) is 25.4. The smallest absolute Gasteiger partial charge is 0.258 e. The molecule has 2 atom stereocenters. The van der Waals surface area contributed by atoms with Crippen molar-refractivity contribution >= 4 is 28.9 Å². The van der Waals surface area contributed by atoms with Crippen LogP contribution in [0.3, 0.4) is 0 Å². The molecular weight excluding hydrogens is 356 g/mol. The number of anilines is 2. The maximum Gasteiger partial charge on any atom is 0.258 e. The fraction of sp³-hybridized carbons (Fsp3) is 0.174. The minimum absolute atomic E-state index is 0.0215. The van der Waals surface area contributed by atoms with E-state index in [1.165, 1.54) is 0 Å². The maximum absolute atomic E-state index is 13.5. The molecule has 1 heterocycles. The summed E-state index contributed by atoms with van der Waals surface area (Å²) in [6.45, 7) is 2.15. The van der Waals surface area contributed by atoms with Gasteiger partial charge in [0.2, 0.25) is 0 Å². The molecule has 1 amide bonds. The van der Waals surface area contributed by atoms with Crippen LogP contribution in [-0.2, 0) is 0 Å². The standard InChI is InChI=1S/C23H21ClN2O/c1-16-15-22(20-9-5-6-10-21(20)25-16)26(19-7-3-2-4-8-19)23(27)17-11-13-18(24)14-12-17/h2-14,16,22,25H,15H2,1H3/t16-,22+/m0/s1. The van der Waals surface area contributed by atoms with Gasteiger partial charge in [-0.25, -0.2) is 0 Å². The van der Waals surface area contributed by atoms with Gasteiger partial charge in [-0.15, -0.1) is 0 Å². The van der Waals surface area contributed by atoms with Gasteiger partial charge in [-0.3, -0.25) is 4.79 Å². The first-order valence-electron chi connectivity index (χ1n) is 9.13. The summed E-state index contributed by atoms with van der Waals surface area (Å²) in [5, 5.41) is 4.15. The van der Waals surface area contributed by atoms with Crippen LogP contribution in [0, 0.1) is 0 Å². The fourth-order valence-electron chi connectivity index (χ4n) is 3.71. The van der Waals surface area contributed by atoms with Crippen LogP contribution in [0.5, 0.6) is 0 Å². The van der Waals surface area contributed by atoms with Crippen molar-refractivity contribution in [2.24, 2.45) is 0 Å². The number of carbonyl (C=O) groups excluding carboxylic acids is 1. The highest BCUT2D eigenvalue weighted by atomic mass is 35.5. The summed E-state index contributed by atoms with van der Waals surface area (Å²) in [4.78, 5) is 15.5. The lowest BCUT2D eigenvalue weighted by Gasteiger charge is -2.39. The summed E-state index contributed by atoms with van der Waals surface area (Å²) in [5.41, 5.74) is 3.76. The topological polar surface area (TPSA) is 32.3 Å². The van der Waals surface area contributed by atoms with E-state index in [4.69, 9.17) is 11.6 Å². The number of nitrogens with zero attached hydrogens (tertiary/aromatic N) is 1. The third kappa shape index (κ3) is 3.56. The first-order chi connectivity index (χ1) is 13.1. The lowest BCUT2D eigenvalue weighted by atomic mass is 9.91. The van der Waals surface area contributed by atoms with Gasteiger partial charge in [0.25, 0.3) is 5.91 Å². The predicted octanol–water partition coefficient (Wildman–Crippen LogP) is 5.93. The summed E-state index contributed by atoms with van der Waals surface area (Å²) < 4.78 is 0. The number of rotatable bonds is 3. The van der Waals surface area contributed by atoms with E-state index in [2.05, 4.69) is 24.4 Å². The third-order valence-corrected chi connectivity index (χ3v) is 5.21. The molecule has 1 N–H and O–H groups in total. The molecule has 1 aliphatic rings. The van der Waals surface area contributed by atoms with Gasteiger partial charge in [-0.1, -0.05) is 48.0 Å². The maximum atomic E-state index is 13.5. The number of hydrogen-bond donors (Lipinski definition) is 1. The Bertz CT molecular complexity index is 940. The summed E-state index contributed by atoms with van der Waals surface area (Å²) in [7, 11) is 0. The highest BCUT2D eigenvalue weighted by Crippen LogP contribution is 2.39. The normalized spacial score (nSPS) is 18.3. The van der Waals surface area contributed by atoms with Crippen LogP contribution >= 0.6 is 11.6 Å². The minimum Gasteiger partial charge on any atom is -0.382 e. The molecule has 4 rings (SSSR count). The van der Waals surface area contributed by atoms with Crippen LogP contribution in [-0.4, -0.2) is 11.9 Å². The molecule has 0 aliphatic carbocycles. The van der Waals surface area contributed by atoms with Crippen LogP contribution < -0.4 is 10.2 Å². The second-order valence-electron chi connectivity index (χ2n) is 6.90. The van der Waals surface area contributed by atoms with Gasteiger partial charge >= 0.3 is 0 Å². The van der Waals surface area contributed by atoms with Gasteiger partial charge in [0.1, 0.15) is 0 Å². The number of benzene rings is 3. The van der Waals surface area contributed by atoms with E-state index in [0.29, 0.717) is 10.6 Å². The van der Waals surface area contributed by atoms with Crippen molar-refractivity contribution in [1.82, 2.24) is 0 Å². The van der Waals surface area contributed by atoms with Gasteiger partial charge in [-0.05, 0) is 61.4 Å². The predicted molar refractivity (Wildman–Crippen MR) is 112 cm³/mol. The van der Waals surface area contributed by atoms with Gasteiger partial charge in [0.15, 0.2) is 0 Å². The molecule has 0 bridgehead atoms. The Morgan fingerprint density at radius 1 is 0.963 bits per heavy atom. The van der Waals surface area contributed by atoms with E-state index >= 15 is 0 Å². The summed E-state index contributed by atoms with van der Waals surface area (Å²) in [5.74, 6) is -0.0215. The second kappa shape index (κ2) is 7.45. The SMILES string of the molecule is C[C@H]1C[C@@H](N(C(=O)c2ccc(Cl)cc2)c2ccccc2)c2ccccc2N1. The largest absolute Gasteiger partial charge is 0.382 e. The molecule has 0 unspecified atom stereocenters. The number of nitrogens with one attached hydrogen (secondary N) is 1. The summed E-state index contributed by atoms with van der Waals surface area (Å²) >= 11 is 6.01. The van der Waals surface area contributed by atoms with E-state index < -0.39 is 0 Å². The van der Waals surface area contributed by atoms with Crippen LogP contribution in [0.25, 0.3) is 0 Å². The number of fused-ring (bicyclic) bond motifs is 1. The molecule has 3 nitrogen and oxygen atoms in total. The zero-order valence-electron chi connectivity index (χ0n) is 15.1. The molecule has 0 aromatic heterocycles. The number of amides is 1. The fourth-order valence-corrected chi connectivity index (χ4v) is 3.83. The number of hydrogen-bond acceptors (Lipinski definition) is 2. The van der Waals surface area contributed by atoms with Crippen molar-refractivity contribution in [3.05, 3.63) is 95.0 Å². The zero-order chi connectivity index (χ0) is 18.8. The molecule has 136 valence electrons. The highest BCUT2D eigenvalue weighted by molar-refractivity contribution is 6.30. The first-order valence-corrected chi connectivity index (χ1v) is 9.51. The van der Waals surface area contributed by atoms with Crippen molar-refractivity contribution in [1.29, 1.82) is 0 Å². The monoisotopic (exact) mass is 376 g/mol. The average molecular weight is 377 g/mol. The molecule has 0 fully saturated rings. The lowest BCUT2D eigenvalue weighted by molar-refractivity contribution is 0.0974. The van der Waals surface area contributed by atoms with E-state index in [9.17, 15) is 4.79 Å². The molecule has 0 radical (unpaired) electrons. The van der Waals surface area contributed by atoms with Crippen LogP contribution in [0.1, 0.15) is 35.3 Å². The molecule has 0 spiro atoms. The first kappa shape index (κ1) is 17.6. The Morgan fingerprint density at radius 2 is 1.63 bits per heavy atom. The minimum atomic E-state index is -0.0389. The molecule has 0 saturated carbocycles. The van der Waals surface area contributed by atoms with E-state index in [-0.39, 0.29) is 18.0 Å². The Labute approximate surface area is 164 Å². The van der Waals surface area contributed by atoms with Gasteiger partial charge < -0.3 is 10.2 Å². The van der Waals surface area contributed by atoms with Crippen molar-refractivity contribution in [3.8, 4) is 0 Å². The van der Waals surface area contributed by atoms with Crippen molar-refractivity contribution in [3.63, 3.8) is 0 Å². The molecule has 0 saturated heterocycles. The number of halogens is 1. The molecule has 3 aromatic rings. The van der Waals surface area contributed by atoms with E-state index in [0.717, 1.165) is 23.4 Å². The van der Waals surface area contributed by atoms with Gasteiger partial charge in [0, 0.05) is 28.0 Å². The average Bonchev–Trinajstić information content (AvgIpc) is 2.69. The third-order valence-electron chi connectivity index (χ3n) is 4.95. The van der Waals surface area contributed by atoms with E-state index in [1.54, 1.807) is 24.3 Å². The molecule has 27 heavy (non-hydrogen) atoms. The quantitative estimate of drug-likeness (QED) is 0.614. The molecular formula is C23H21ClN2O. The van der Waals surface area contributed by atoms with Crippen LogP contribution in [0.4, 0.5) is 11.4 Å². The van der Waals surface area contributed by atoms with Crippen molar-refractivity contribution in [2.75, 3.05) is 10.2 Å².